The number of halogens is 2. The predicted octanol–water partition coefficient (Wildman–Crippen LogP) is 3.91. The van der Waals surface area contributed by atoms with E-state index in [0.717, 1.165) is 0 Å². The van der Waals surface area contributed by atoms with Crippen molar-refractivity contribution < 1.29 is 9.18 Å². The molecule has 4 nitrogen and oxygen atoms in total. The van der Waals surface area contributed by atoms with Gasteiger partial charge in [-0.15, -0.1) is 10.2 Å². The smallest absolute Gasteiger partial charge is 0.225 e. The molecule has 1 aromatic carbocycles. The Bertz CT molecular complexity index is 616. The Hall–Kier alpha value is -1.66. The number of hydrogen-bond donors (Lipinski definition) is 1. The number of rotatable bonds is 5. The SMILES string of the molecule is CCC(=O)Nc1ccc(SCc2c(F)cccc2Cl)nn1. The molecule has 0 atom stereocenters. The molecule has 0 spiro atoms. The first-order valence-corrected chi connectivity index (χ1v) is 7.65. The summed E-state index contributed by atoms with van der Waals surface area (Å²) in [7, 11) is 0. The zero-order valence-corrected chi connectivity index (χ0v) is 12.8. The normalized spacial score (nSPS) is 10.4. The van der Waals surface area contributed by atoms with Crippen molar-refractivity contribution in [3.05, 3.63) is 46.7 Å². The van der Waals surface area contributed by atoms with E-state index in [1.165, 1.54) is 17.8 Å². The minimum absolute atomic E-state index is 0.122. The minimum Gasteiger partial charge on any atom is -0.309 e. The Morgan fingerprint density at radius 3 is 2.76 bits per heavy atom. The summed E-state index contributed by atoms with van der Waals surface area (Å²) in [6, 6.07) is 7.97. The number of thioether (sulfide) groups is 1. The molecule has 0 bridgehead atoms. The van der Waals surface area contributed by atoms with E-state index in [1.807, 2.05) is 0 Å². The fraction of sp³-hybridized carbons (Fsp3) is 0.214. The highest BCUT2D eigenvalue weighted by Crippen LogP contribution is 2.27. The third-order valence-corrected chi connectivity index (χ3v) is 3.96. The lowest BCUT2D eigenvalue weighted by Crippen LogP contribution is -2.11. The van der Waals surface area contributed by atoms with Crippen LogP contribution in [0.1, 0.15) is 18.9 Å². The van der Waals surface area contributed by atoms with Crippen molar-refractivity contribution in [2.75, 3.05) is 5.32 Å². The highest BCUT2D eigenvalue weighted by Gasteiger charge is 2.08. The molecular formula is C14H13ClFN3OS. The number of hydrogen-bond acceptors (Lipinski definition) is 4. The van der Waals surface area contributed by atoms with Gasteiger partial charge in [0.05, 0.1) is 0 Å². The molecule has 0 radical (unpaired) electrons. The number of carbonyl (C=O) groups is 1. The summed E-state index contributed by atoms with van der Waals surface area (Å²) in [6.45, 7) is 1.76. The van der Waals surface area contributed by atoms with E-state index in [9.17, 15) is 9.18 Å². The number of carbonyl (C=O) groups excluding carboxylic acids is 1. The number of nitrogens with zero attached hydrogens (tertiary/aromatic N) is 2. The van der Waals surface area contributed by atoms with Crippen LogP contribution in [0.4, 0.5) is 10.2 Å². The Morgan fingerprint density at radius 1 is 1.33 bits per heavy atom. The van der Waals surface area contributed by atoms with Gasteiger partial charge < -0.3 is 5.32 Å². The monoisotopic (exact) mass is 325 g/mol. The number of anilines is 1. The fourth-order valence-electron chi connectivity index (χ4n) is 1.51. The summed E-state index contributed by atoms with van der Waals surface area (Å²) in [5, 5.41) is 11.5. The molecule has 2 rings (SSSR count). The van der Waals surface area contributed by atoms with Gasteiger partial charge in [0.25, 0.3) is 0 Å². The van der Waals surface area contributed by atoms with Crippen molar-refractivity contribution in [2.45, 2.75) is 24.1 Å². The second-order valence-corrected chi connectivity index (χ2v) is 5.55. The van der Waals surface area contributed by atoms with Gasteiger partial charge >= 0.3 is 0 Å². The van der Waals surface area contributed by atoms with E-state index >= 15 is 0 Å². The van der Waals surface area contributed by atoms with Gasteiger partial charge in [-0.25, -0.2) is 4.39 Å². The molecule has 0 saturated heterocycles. The van der Waals surface area contributed by atoms with Gasteiger partial charge in [-0.05, 0) is 24.3 Å². The lowest BCUT2D eigenvalue weighted by Gasteiger charge is -2.06. The first-order valence-electron chi connectivity index (χ1n) is 6.29. The van der Waals surface area contributed by atoms with E-state index in [0.29, 0.717) is 33.6 Å². The van der Waals surface area contributed by atoms with Crippen LogP contribution < -0.4 is 5.32 Å². The van der Waals surface area contributed by atoms with E-state index in [4.69, 9.17) is 11.6 Å². The van der Waals surface area contributed by atoms with E-state index in [-0.39, 0.29) is 11.7 Å². The third-order valence-electron chi connectivity index (χ3n) is 2.65. The molecule has 1 N–H and O–H groups in total. The zero-order chi connectivity index (χ0) is 15.2. The molecule has 2 aromatic rings. The van der Waals surface area contributed by atoms with E-state index in [2.05, 4.69) is 15.5 Å². The lowest BCUT2D eigenvalue weighted by atomic mass is 10.2. The number of nitrogens with one attached hydrogen (secondary N) is 1. The van der Waals surface area contributed by atoms with Gasteiger partial charge in [0.15, 0.2) is 5.82 Å². The summed E-state index contributed by atoms with van der Waals surface area (Å²) in [5.41, 5.74) is 0.439. The minimum atomic E-state index is -0.338. The molecule has 0 aliphatic carbocycles. The van der Waals surface area contributed by atoms with Crippen LogP contribution in [0.3, 0.4) is 0 Å². The van der Waals surface area contributed by atoms with Crippen LogP contribution in [0.15, 0.2) is 35.4 Å². The van der Waals surface area contributed by atoms with Crippen LogP contribution in [0.5, 0.6) is 0 Å². The average Bonchev–Trinajstić information content (AvgIpc) is 2.48. The third kappa shape index (κ3) is 4.41. The van der Waals surface area contributed by atoms with Gasteiger partial charge in [-0.1, -0.05) is 36.4 Å². The zero-order valence-electron chi connectivity index (χ0n) is 11.3. The maximum Gasteiger partial charge on any atom is 0.225 e. The van der Waals surface area contributed by atoms with Gasteiger partial charge in [0.1, 0.15) is 10.8 Å². The first-order chi connectivity index (χ1) is 10.1. The maximum absolute atomic E-state index is 13.6. The van der Waals surface area contributed by atoms with Crippen LogP contribution in [0, 0.1) is 5.82 Å². The first kappa shape index (κ1) is 15.7. The molecule has 0 saturated carbocycles. The second kappa shape index (κ2) is 7.38. The Labute approximate surface area is 131 Å². The molecule has 1 heterocycles. The summed E-state index contributed by atoms with van der Waals surface area (Å²) in [4.78, 5) is 11.2. The highest BCUT2D eigenvalue weighted by atomic mass is 35.5. The van der Waals surface area contributed by atoms with Crippen molar-refractivity contribution in [3.63, 3.8) is 0 Å². The molecule has 110 valence electrons. The maximum atomic E-state index is 13.6. The Morgan fingerprint density at radius 2 is 2.14 bits per heavy atom. The highest BCUT2D eigenvalue weighted by molar-refractivity contribution is 7.98. The fourth-order valence-corrected chi connectivity index (χ4v) is 2.67. The van der Waals surface area contributed by atoms with Crippen LogP contribution in [-0.4, -0.2) is 16.1 Å². The molecule has 7 heteroatoms. The molecule has 0 unspecified atom stereocenters. The van der Waals surface area contributed by atoms with Crippen molar-refractivity contribution in [1.82, 2.24) is 10.2 Å². The Kier molecular flexibility index (Phi) is 5.52. The molecule has 1 amide bonds. The molecule has 0 aliphatic heterocycles. The summed E-state index contributed by atoms with van der Waals surface area (Å²) < 4.78 is 13.6. The van der Waals surface area contributed by atoms with Crippen LogP contribution in [0.25, 0.3) is 0 Å². The predicted molar refractivity (Wildman–Crippen MR) is 81.9 cm³/mol. The van der Waals surface area contributed by atoms with Crippen LogP contribution in [0.2, 0.25) is 5.02 Å². The molecule has 0 fully saturated rings. The van der Waals surface area contributed by atoms with Gasteiger partial charge in [-0.3, -0.25) is 4.79 Å². The molecular weight excluding hydrogens is 313 g/mol. The van der Waals surface area contributed by atoms with Gasteiger partial charge in [0, 0.05) is 22.8 Å². The largest absolute Gasteiger partial charge is 0.309 e. The van der Waals surface area contributed by atoms with Crippen LogP contribution >= 0.6 is 23.4 Å². The number of amides is 1. The standard InChI is InChI=1S/C14H13ClFN3OS/c1-2-13(20)17-12-6-7-14(19-18-12)21-8-9-10(15)4-3-5-11(9)16/h3-7H,2,8H2,1H3,(H,17,18,20). The van der Waals surface area contributed by atoms with E-state index in [1.54, 1.807) is 31.2 Å². The van der Waals surface area contributed by atoms with Gasteiger partial charge in [0.2, 0.25) is 5.91 Å². The molecule has 0 aliphatic rings. The van der Waals surface area contributed by atoms with Crippen molar-refractivity contribution in [2.24, 2.45) is 0 Å². The molecule has 21 heavy (non-hydrogen) atoms. The molecule has 1 aromatic heterocycles. The summed E-state index contributed by atoms with van der Waals surface area (Å²) >= 11 is 7.28. The van der Waals surface area contributed by atoms with E-state index < -0.39 is 0 Å². The topological polar surface area (TPSA) is 54.9 Å². The summed E-state index contributed by atoms with van der Waals surface area (Å²) in [5.74, 6) is 0.300. The van der Waals surface area contributed by atoms with Crippen molar-refractivity contribution in [1.29, 1.82) is 0 Å². The second-order valence-electron chi connectivity index (χ2n) is 4.15. The van der Waals surface area contributed by atoms with Crippen LogP contribution in [-0.2, 0) is 10.5 Å². The van der Waals surface area contributed by atoms with Crippen molar-refractivity contribution in [3.8, 4) is 0 Å². The summed E-state index contributed by atoms with van der Waals surface area (Å²) in [6.07, 6.45) is 0.379. The number of benzene rings is 1. The lowest BCUT2D eigenvalue weighted by molar-refractivity contribution is -0.115. The van der Waals surface area contributed by atoms with Crippen molar-refractivity contribution >= 4 is 35.1 Å². The average molecular weight is 326 g/mol. The quantitative estimate of drug-likeness (QED) is 0.847. The Balaban J connectivity index is 1.99. The van der Waals surface area contributed by atoms with Gasteiger partial charge in [-0.2, -0.15) is 0 Å². The number of aromatic nitrogens is 2.